The zero-order chi connectivity index (χ0) is 17.4. The Morgan fingerprint density at radius 1 is 1.29 bits per heavy atom. The number of nitrogens with zero attached hydrogens (tertiary/aromatic N) is 1. The molecule has 6 nitrogen and oxygen atoms in total. The maximum absolute atomic E-state index is 12.3. The van der Waals surface area contributed by atoms with E-state index in [0.29, 0.717) is 24.3 Å². The normalized spacial score (nSPS) is 28.6. The first-order valence-corrected chi connectivity index (χ1v) is 8.44. The first kappa shape index (κ1) is 16.8. The second-order valence-electron chi connectivity index (χ2n) is 6.84. The topological polar surface area (TPSA) is 78.9 Å². The van der Waals surface area contributed by atoms with Crippen molar-refractivity contribution in [2.24, 2.45) is 5.92 Å². The Hall–Kier alpha value is -2.08. The summed E-state index contributed by atoms with van der Waals surface area (Å²) in [4.78, 5) is 25.9. The summed E-state index contributed by atoms with van der Waals surface area (Å²) in [5.41, 5.74) is 0.668. The molecule has 0 unspecified atom stereocenters. The molecule has 2 N–H and O–H groups in total. The fourth-order valence-corrected chi connectivity index (χ4v) is 3.56. The van der Waals surface area contributed by atoms with Crippen LogP contribution in [0.1, 0.15) is 33.6 Å². The van der Waals surface area contributed by atoms with Crippen molar-refractivity contribution in [3.63, 3.8) is 0 Å². The molecule has 0 radical (unpaired) electrons. The van der Waals surface area contributed by atoms with Crippen LogP contribution in [0.15, 0.2) is 24.3 Å². The number of ether oxygens (including phenoxy) is 1. The molecule has 1 saturated carbocycles. The molecule has 130 valence electrons. The second kappa shape index (κ2) is 6.43. The number of benzene rings is 1. The van der Waals surface area contributed by atoms with Gasteiger partial charge in [-0.1, -0.05) is 26.0 Å². The number of fused-ring (bicyclic) bond motifs is 2. The van der Waals surface area contributed by atoms with Gasteiger partial charge in [-0.15, -0.1) is 0 Å². The van der Waals surface area contributed by atoms with E-state index in [1.807, 2.05) is 38.1 Å². The van der Waals surface area contributed by atoms with Gasteiger partial charge in [-0.25, -0.2) is 0 Å². The van der Waals surface area contributed by atoms with Crippen molar-refractivity contribution < 1.29 is 19.4 Å². The van der Waals surface area contributed by atoms with E-state index in [1.54, 1.807) is 4.90 Å². The Morgan fingerprint density at radius 3 is 2.67 bits per heavy atom. The van der Waals surface area contributed by atoms with Crippen molar-refractivity contribution in [2.75, 3.05) is 4.90 Å². The van der Waals surface area contributed by atoms with Gasteiger partial charge in [0.2, 0.25) is 11.8 Å². The van der Waals surface area contributed by atoms with Crippen molar-refractivity contribution in [1.29, 1.82) is 0 Å². The Bertz CT molecular complexity index is 646. The number of aliphatic hydroxyl groups excluding tert-OH is 1. The number of hydrogen-bond acceptors (Lipinski definition) is 4. The van der Waals surface area contributed by atoms with E-state index < -0.39 is 12.1 Å². The Kier molecular flexibility index (Phi) is 4.49. The average Bonchev–Trinajstić information content (AvgIpc) is 2.55. The van der Waals surface area contributed by atoms with Crippen molar-refractivity contribution in [3.05, 3.63) is 24.3 Å². The molecule has 0 saturated heterocycles. The Balaban J connectivity index is 1.90. The zero-order valence-corrected chi connectivity index (χ0v) is 14.2. The summed E-state index contributed by atoms with van der Waals surface area (Å²) in [7, 11) is 0. The lowest BCUT2D eigenvalue weighted by atomic mass is 9.83. The van der Waals surface area contributed by atoms with Crippen LogP contribution in [0.2, 0.25) is 0 Å². The maximum atomic E-state index is 12.3. The molecule has 0 bridgehead atoms. The first-order chi connectivity index (χ1) is 11.4. The van der Waals surface area contributed by atoms with E-state index in [1.165, 1.54) is 6.92 Å². The fraction of sp³-hybridized carbons (Fsp3) is 0.556. The zero-order valence-electron chi connectivity index (χ0n) is 14.2. The van der Waals surface area contributed by atoms with E-state index in [-0.39, 0.29) is 29.9 Å². The molecule has 1 aromatic carbocycles. The average molecular weight is 332 g/mol. The Morgan fingerprint density at radius 2 is 2.00 bits per heavy atom. The standard InChI is InChI=1S/C18H24N2O4/c1-10(2)18(23)19-12-8-9-15-16(17(12)22)20(11(3)21)13-6-4-5-7-14(13)24-15/h4-7,10,12,15-17,22H,8-9H2,1-3H3,(H,19,23)/t12-,15-,16-,17-/m1/s1. The lowest BCUT2D eigenvalue weighted by Gasteiger charge is -2.48. The summed E-state index contributed by atoms with van der Waals surface area (Å²) in [6.07, 6.45) is 0.145. The van der Waals surface area contributed by atoms with Gasteiger partial charge in [-0.05, 0) is 25.0 Å². The lowest BCUT2D eigenvalue weighted by molar-refractivity contribution is -0.127. The molecule has 2 aliphatic rings. The highest BCUT2D eigenvalue weighted by atomic mass is 16.5. The van der Waals surface area contributed by atoms with E-state index in [2.05, 4.69) is 5.32 Å². The highest BCUT2D eigenvalue weighted by Crippen LogP contribution is 2.41. The summed E-state index contributed by atoms with van der Waals surface area (Å²) in [5, 5.41) is 13.8. The quantitative estimate of drug-likeness (QED) is 0.859. The molecular weight excluding hydrogens is 308 g/mol. The minimum atomic E-state index is -0.872. The number of para-hydroxylation sites is 2. The number of amides is 2. The third kappa shape index (κ3) is 2.86. The summed E-state index contributed by atoms with van der Waals surface area (Å²) in [6, 6.07) is 6.48. The van der Waals surface area contributed by atoms with Crippen molar-refractivity contribution >= 4 is 17.5 Å². The minimum Gasteiger partial charge on any atom is -0.486 e. The largest absolute Gasteiger partial charge is 0.486 e. The van der Waals surface area contributed by atoms with Gasteiger partial charge >= 0.3 is 0 Å². The number of hydrogen-bond donors (Lipinski definition) is 2. The minimum absolute atomic E-state index is 0.0935. The fourth-order valence-electron chi connectivity index (χ4n) is 3.56. The molecule has 1 aliphatic carbocycles. The van der Waals surface area contributed by atoms with E-state index >= 15 is 0 Å². The van der Waals surface area contributed by atoms with E-state index in [0.717, 1.165) is 0 Å². The number of anilines is 1. The van der Waals surface area contributed by atoms with Crippen LogP contribution >= 0.6 is 0 Å². The van der Waals surface area contributed by atoms with E-state index in [4.69, 9.17) is 4.74 Å². The highest BCUT2D eigenvalue weighted by molar-refractivity contribution is 5.94. The van der Waals surface area contributed by atoms with Gasteiger partial charge in [-0.3, -0.25) is 14.5 Å². The van der Waals surface area contributed by atoms with Gasteiger partial charge in [0.15, 0.2) is 0 Å². The van der Waals surface area contributed by atoms with Crippen LogP contribution in [-0.4, -0.2) is 41.2 Å². The third-order valence-electron chi connectivity index (χ3n) is 4.80. The smallest absolute Gasteiger partial charge is 0.224 e. The molecule has 4 atom stereocenters. The molecule has 0 aromatic heterocycles. The van der Waals surface area contributed by atoms with Crippen LogP contribution in [0.25, 0.3) is 0 Å². The number of rotatable bonds is 2. The van der Waals surface area contributed by atoms with Gasteiger partial charge in [0.1, 0.15) is 17.9 Å². The summed E-state index contributed by atoms with van der Waals surface area (Å²) in [5.74, 6) is 0.271. The number of carbonyl (C=O) groups excluding carboxylic acids is 2. The van der Waals surface area contributed by atoms with Crippen LogP contribution in [0, 0.1) is 5.92 Å². The Labute approximate surface area is 141 Å². The van der Waals surface area contributed by atoms with Gasteiger partial charge < -0.3 is 15.2 Å². The molecule has 3 rings (SSSR count). The molecular formula is C18H24N2O4. The van der Waals surface area contributed by atoms with Crippen LogP contribution in [0.5, 0.6) is 5.75 Å². The predicted molar refractivity (Wildman–Crippen MR) is 89.8 cm³/mol. The number of nitrogens with one attached hydrogen (secondary N) is 1. The van der Waals surface area contributed by atoms with Gasteiger partial charge in [0.05, 0.1) is 17.8 Å². The molecule has 1 aromatic rings. The van der Waals surface area contributed by atoms with Gasteiger partial charge in [0, 0.05) is 12.8 Å². The van der Waals surface area contributed by atoms with Crippen molar-refractivity contribution in [3.8, 4) is 5.75 Å². The molecule has 0 spiro atoms. The SMILES string of the molecule is CC(=O)N1c2ccccc2O[C@@H]2CC[C@@H](NC(=O)C(C)C)[C@@H](O)[C@@H]21. The predicted octanol–water partition coefficient (Wildman–Crippen LogP) is 1.46. The lowest BCUT2D eigenvalue weighted by Crippen LogP contribution is -2.65. The van der Waals surface area contributed by atoms with Gasteiger partial charge in [0.25, 0.3) is 0 Å². The highest BCUT2D eigenvalue weighted by Gasteiger charge is 2.48. The molecule has 6 heteroatoms. The van der Waals surface area contributed by atoms with E-state index in [9.17, 15) is 14.7 Å². The van der Waals surface area contributed by atoms with Crippen LogP contribution < -0.4 is 15.0 Å². The van der Waals surface area contributed by atoms with Crippen LogP contribution in [0.3, 0.4) is 0 Å². The number of carbonyl (C=O) groups is 2. The molecule has 1 fully saturated rings. The monoisotopic (exact) mass is 332 g/mol. The molecule has 24 heavy (non-hydrogen) atoms. The molecule has 1 aliphatic heterocycles. The van der Waals surface area contributed by atoms with Crippen molar-refractivity contribution in [1.82, 2.24) is 5.32 Å². The molecule has 1 heterocycles. The summed E-state index contributed by atoms with van der Waals surface area (Å²) in [6.45, 7) is 5.12. The maximum Gasteiger partial charge on any atom is 0.224 e. The van der Waals surface area contributed by atoms with Crippen molar-refractivity contribution in [2.45, 2.75) is 57.9 Å². The number of aliphatic hydroxyl groups is 1. The van der Waals surface area contributed by atoms with Crippen LogP contribution in [0.4, 0.5) is 5.69 Å². The van der Waals surface area contributed by atoms with Crippen LogP contribution in [-0.2, 0) is 9.59 Å². The van der Waals surface area contributed by atoms with Gasteiger partial charge in [-0.2, -0.15) is 0 Å². The second-order valence-corrected chi connectivity index (χ2v) is 6.84. The molecule has 2 amide bonds. The summed E-state index contributed by atoms with van der Waals surface area (Å²) >= 11 is 0. The summed E-state index contributed by atoms with van der Waals surface area (Å²) < 4.78 is 6.02. The first-order valence-electron chi connectivity index (χ1n) is 8.44. The third-order valence-corrected chi connectivity index (χ3v) is 4.80.